The van der Waals surface area contributed by atoms with Crippen LogP contribution in [0, 0.1) is 13.8 Å². The van der Waals surface area contributed by atoms with Crippen LogP contribution in [0.5, 0.6) is 0 Å². The molecule has 0 atom stereocenters. The van der Waals surface area contributed by atoms with E-state index >= 15 is 0 Å². The van der Waals surface area contributed by atoms with E-state index in [9.17, 15) is 14.4 Å². The van der Waals surface area contributed by atoms with Crippen LogP contribution in [0.4, 0.5) is 5.69 Å². The van der Waals surface area contributed by atoms with Gasteiger partial charge in [-0.3, -0.25) is 18.7 Å². The van der Waals surface area contributed by atoms with Crippen molar-refractivity contribution in [3.05, 3.63) is 62.4 Å². The van der Waals surface area contributed by atoms with Gasteiger partial charge in [-0.15, -0.1) is 11.8 Å². The largest absolute Gasteiger partial charge is 0.332 e. The third-order valence-corrected chi connectivity index (χ3v) is 5.39. The molecule has 27 heavy (non-hydrogen) atoms. The maximum absolute atomic E-state index is 12.5. The standard InChI is InChI=1S/C19H20N4O3S/c1-11-5-6-12(2)13(9-11)21-15(24)10-27-14-7-8-20-17-16(14)18(25)23(4)19(26)22(17)3/h5-9H,10H2,1-4H3,(H,21,24). The van der Waals surface area contributed by atoms with Crippen LogP contribution in [0.2, 0.25) is 0 Å². The van der Waals surface area contributed by atoms with Crippen molar-refractivity contribution in [1.82, 2.24) is 14.1 Å². The van der Waals surface area contributed by atoms with Gasteiger partial charge in [-0.1, -0.05) is 12.1 Å². The number of aryl methyl sites for hydroxylation is 3. The average molecular weight is 384 g/mol. The Balaban J connectivity index is 1.87. The van der Waals surface area contributed by atoms with Crippen molar-refractivity contribution in [3.63, 3.8) is 0 Å². The highest BCUT2D eigenvalue weighted by Crippen LogP contribution is 2.24. The molecule has 0 saturated carbocycles. The van der Waals surface area contributed by atoms with Crippen molar-refractivity contribution in [2.45, 2.75) is 18.7 Å². The lowest BCUT2D eigenvalue weighted by atomic mass is 10.1. The fourth-order valence-electron chi connectivity index (χ4n) is 2.78. The summed E-state index contributed by atoms with van der Waals surface area (Å²) in [6.45, 7) is 3.90. The fraction of sp³-hybridized carbons (Fsp3) is 0.263. The summed E-state index contributed by atoms with van der Waals surface area (Å²) in [7, 11) is 3.00. The van der Waals surface area contributed by atoms with Crippen molar-refractivity contribution < 1.29 is 4.79 Å². The molecule has 0 spiro atoms. The van der Waals surface area contributed by atoms with E-state index in [0.29, 0.717) is 15.9 Å². The molecule has 2 aromatic heterocycles. The van der Waals surface area contributed by atoms with Crippen molar-refractivity contribution >= 4 is 34.4 Å². The zero-order valence-electron chi connectivity index (χ0n) is 15.6. The minimum atomic E-state index is -0.435. The lowest BCUT2D eigenvalue weighted by Crippen LogP contribution is -2.37. The molecule has 0 aliphatic rings. The van der Waals surface area contributed by atoms with Gasteiger partial charge in [-0.2, -0.15) is 0 Å². The van der Waals surface area contributed by atoms with Gasteiger partial charge in [-0.25, -0.2) is 9.78 Å². The Morgan fingerprint density at radius 1 is 1.15 bits per heavy atom. The quantitative estimate of drug-likeness (QED) is 0.695. The molecule has 0 radical (unpaired) electrons. The highest BCUT2D eigenvalue weighted by Gasteiger charge is 2.15. The Hall–Kier alpha value is -2.87. The Kier molecular flexibility index (Phi) is 5.18. The second-order valence-corrected chi connectivity index (χ2v) is 7.39. The molecule has 0 aliphatic heterocycles. The molecule has 3 rings (SSSR count). The number of rotatable bonds is 4. The lowest BCUT2D eigenvalue weighted by molar-refractivity contribution is -0.113. The number of thioether (sulfide) groups is 1. The highest BCUT2D eigenvalue weighted by molar-refractivity contribution is 8.00. The summed E-state index contributed by atoms with van der Waals surface area (Å²) < 4.78 is 2.38. The number of fused-ring (bicyclic) bond motifs is 1. The van der Waals surface area contributed by atoms with Gasteiger partial charge >= 0.3 is 5.69 Å². The van der Waals surface area contributed by atoms with Crippen molar-refractivity contribution in [3.8, 4) is 0 Å². The van der Waals surface area contributed by atoms with Crippen LogP contribution < -0.4 is 16.6 Å². The summed E-state index contributed by atoms with van der Waals surface area (Å²) in [6.07, 6.45) is 1.53. The van der Waals surface area contributed by atoms with Crippen LogP contribution in [0.1, 0.15) is 11.1 Å². The highest BCUT2D eigenvalue weighted by atomic mass is 32.2. The summed E-state index contributed by atoms with van der Waals surface area (Å²) in [4.78, 5) is 41.7. The first-order valence-electron chi connectivity index (χ1n) is 8.34. The lowest BCUT2D eigenvalue weighted by Gasteiger charge is -2.11. The molecular weight excluding hydrogens is 364 g/mol. The molecule has 0 bridgehead atoms. The average Bonchev–Trinajstić information content (AvgIpc) is 2.65. The van der Waals surface area contributed by atoms with Gasteiger partial charge in [-0.05, 0) is 37.1 Å². The first-order valence-corrected chi connectivity index (χ1v) is 9.33. The Morgan fingerprint density at radius 3 is 2.63 bits per heavy atom. The van der Waals surface area contributed by atoms with Crippen LogP contribution in [0.15, 0.2) is 44.9 Å². The van der Waals surface area contributed by atoms with E-state index in [0.717, 1.165) is 21.4 Å². The molecule has 1 N–H and O–H groups in total. The van der Waals surface area contributed by atoms with Gasteiger partial charge in [0, 0.05) is 30.9 Å². The van der Waals surface area contributed by atoms with E-state index in [2.05, 4.69) is 10.3 Å². The third-order valence-electron chi connectivity index (χ3n) is 4.33. The second kappa shape index (κ2) is 7.40. The second-order valence-electron chi connectivity index (χ2n) is 6.37. The van der Waals surface area contributed by atoms with Crippen LogP contribution in [0.3, 0.4) is 0 Å². The summed E-state index contributed by atoms with van der Waals surface area (Å²) in [5.74, 6) is -0.0290. The molecule has 1 amide bonds. The van der Waals surface area contributed by atoms with Gasteiger partial charge < -0.3 is 5.32 Å². The molecule has 0 saturated heterocycles. The number of nitrogens with one attached hydrogen (secondary N) is 1. The minimum Gasteiger partial charge on any atom is -0.325 e. The SMILES string of the molecule is Cc1ccc(C)c(NC(=O)CSc2ccnc3c2c(=O)n(C)c(=O)n3C)c1. The van der Waals surface area contributed by atoms with Crippen molar-refractivity contribution in [1.29, 1.82) is 0 Å². The summed E-state index contributed by atoms with van der Waals surface area (Å²) >= 11 is 1.24. The number of nitrogens with zero attached hydrogens (tertiary/aromatic N) is 3. The number of benzene rings is 1. The monoisotopic (exact) mass is 384 g/mol. The maximum atomic E-state index is 12.5. The van der Waals surface area contributed by atoms with Crippen LogP contribution >= 0.6 is 11.8 Å². The number of aromatic nitrogens is 3. The summed E-state index contributed by atoms with van der Waals surface area (Å²) in [5, 5.41) is 3.24. The molecule has 2 heterocycles. The Labute approximate surface area is 160 Å². The van der Waals surface area contributed by atoms with E-state index in [1.165, 1.54) is 29.6 Å². The number of carbonyl (C=O) groups is 1. The van der Waals surface area contributed by atoms with Crippen molar-refractivity contribution in [2.75, 3.05) is 11.1 Å². The molecule has 140 valence electrons. The number of carbonyl (C=O) groups excluding carboxylic acids is 1. The van der Waals surface area contributed by atoms with Crippen molar-refractivity contribution in [2.24, 2.45) is 14.1 Å². The number of hydrogen-bond acceptors (Lipinski definition) is 5. The Bertz CT molecular complexity index is 1160. The van der Waals surface area contributed by atoms with Gasteiger partial charge in [0.25, 0.3) is 5.56 Å². The molecule has 0 aliphatic carbocycles. The van der Waals surface area contributed by atoms with Gasteiger partial charge in [0.15, 0.2) is 0 Å². The van der Waals surface area contributed by atoms with E-state index in [-0.39, 0.29) is 11.7 Å². The van der Waals surface area contributed by atoms with Gasteiger partial charge in [0.2, 0.25) is 5.91 Å². The smallest absolute Gasteiger partial charge is 0.325 e. The molecule has 0 unspecified atom stereocenters. The maximum Gasteiger partial charge on any atom is 0.332 e. The van der Waals surface area contributed by atoms with Gasteiger partial charge in [0.05, 0.1) is 11.1 Å². The first kappa shape index (κ1) is 18.9. The zero-order valence-corrected chi connectivity index (χ0v) is 16.4. The van der Waals surface area contributed by atoms with E-state index in [1.54, 1.807) is 13.1 Å². The molecule has 7 nitrogen and oxygen atoms in total. The fourth-order valence-corrected chi connectivity index (χ4v) is 3.62. The van der Waals surface area contributed by atoms with E-state index in [4.69, 9.17) is 0 Å². The third kappa shape index (κ3) is 3.66. The topological polar surface area (TPSA) is 86.0 Å². The van der Waals surface area contributed by atoms with Crippen LogP contribution in [0.25, 0.3) is 11.0 Å². The summed E-state index contributed by atoms with van der Waals surface area (Å²) in [5.41, 5.74) is 2.28. The normalized spacial score (nSPS) is 11.0. The predicted molar refractivity (Wildman–Crippen MR) is 107 cm³/mol. The molecular formula is C19H20N4O3S. The molecule has 8 heteroatoms. The van der Waals surface area contributed by atoms with Crippen LogP contribution in [-0.2, 0) is 18.9 Å². The molecule has 0 fully saturated rings. The predicted octanol–water partition coefficient (Wildman–Crippen LogP) is 1.98. The number of hydrogen-bond donors (Lipinski definition) is 1. The van der Waals surface area contributed by atoms with Crippen LogP contribution in [-0.4, -0.2) is 25.8 Å². The number of amides is 1. The summed E-state index contributed by atoms with van der Waals surface area (Å²) in [6, 6.07) is 7.55. The van der Waals surface area contributed by atoms with E-state index < -0.39 is 11.2 Å². The van der Waals surface area contributed by atoms with E-state index in [1.807, 2.05) is 32.0 Å². The Morgan fingerprint density at radius 2 is 1.89 bits per heavy atom. The molecule has 1 aromatic carbocycles. The molecule has 3 aromatic rings. The number of anilines is 1. The zero-order chi connectivity index (χ0) is 19.7. The first-order chi connectivity index (χ1) is 12.8. The minimum absolute atomic E-state index is 0.137. The van der Waals surface area contributed by atoms with Gasteiger partial charge in [0.1, 0.15) is 5.65 Å². The number of pyridine rings is 1.